The SMILES string of the molecule is Cc1cc(O)c(CNNc2ccccc2)cc1C. The van der Waals surface area contributed by atoms with E-state index in [1.165, 1.54) is 5.56 Å². The predicted octanol–water partition coefficient (Wildman–Crippen LogP) is 3.13. The van der Waals surface area contributed by atoms with Gasteiger partial charge in [-0.05, 0) is 43.2 Å². The molecule has 0 amide bonds. The average molecular weight is 242 g/mol. The molecule has 0 bridgehead atoms. The molecule has 0 heterocycles. The van der Waals surface area contributed by atoms with E-state index < -0.39 is 0 Å². The molecule has 0 aromatic heterocycles. The molecule has 0 aliphatic rings. The van der Waals surface area contributed by atoms with Crippen molar-refractivity contribution in [3.8, 4) is 5.75 Å². The molecule has 0 saturated carbocycles. The number of rotatable bonds is 4. The maximum absolute atomic E-state index is 9.85. The van der Waals surface area contributed by atoms with Gasteiger partial charge in [-0.2, -0.15) is 0 Å². The van der Waals surface area contributed by atoms with Gasteiger partial charge in [0.05, 0.1) is 0 Å². The Balaban J connectivity index is 1.97. The molecule has 2 aromatic carbocycles. The summed E-state index contributed by atoms with van der Waals surface area (Å²) in [4.78, 5) is 0. The summed E-state index contributed by atoms with van der Waals surface area (Å²) in [5.74, 6) is 0.334. The van der Waals surface area contributed by atoms with Gasteiger partial charge in [0.2, 0.25) is 0 Å². The third-order valence-electron chi connectivity index (χ3n) is 2.98. The Morgan fingerprint density at radius 2 is 1.67 bits per heavy atom. The zero-order valence-corrected chi connectivity index (χ0v) is 10.7. The molecule has 0 aliphatic heterocycles. The van der Waals surface area contributed by atoms with Gasteiger partial charge in [0.15, 0.2) is 0 Å². The third-order valence-corrected chi connectivity index (χ3v) is 2.98. The van der Waals surface area contributed by atoms with Gasteiger partial charge in [-0.25, -0.2) is 5.43 Å². The highest BCUT2D eigenvalue weighted by atomic mass is 16.3. The van der Waals surface area contributed by atoms with Gasteiger partial charge in [-0.15, -0.1) is 0 Å². The topological polar surface area (TPSA) is 44.3 Å². The fourth-order valence-corrected chi connectivity index (χ4v) is 1.77. The number of para-hydroxylation sites is 1. The number of hydrogen-bond acceptors (Lipinski definition) is 3. The number of anilines is 1. The van der Waals surface area contributed by atoms with Crippen molar-refractivity contribution in [3.05, 3.63) is 59.2 Å². The fraction of sp³-hybridized carbons (Fsp3) is 0.200. The highest BCUT2D eigenvalue weighted by molar-refractivity contribution is 5.43. The monoisotopic (exact) mass is 242 g/mol. The molecule has 18 heavy (non-hydrogen) atoms. The fourth-order valence-electron chi connectivity index (χ4n) is 1.77. The van der Waals surface area contributed by atoms with E-state index in [1.54, 1.807) is 6.07 Å². The molecule has 0 fully saturated rings. The summed E-state index contributed by atoms with van der Waals surface area (Å²) in [5.41, 5.74) is 10.4. The van der Waals surface area contributed by atoms with Crippen molar-refractivity contribution in [2.45, 2.75) is 20.4 Å². The van der Waals surface area contributed by atoms with Gasteiger partial charge < -0.3 is 10.5 Å². The maximum atomic E-state index is 9.85. The smallest absolute Gasteiger partial charge is 0.120 e. The first kappa shape index (κ1) is 12.5. The molecule has 0 atom stereocenters. The van der Waals surface area contributed by atoms with Crippen LogP contribution >= 0.6 is 0 Å². The number of aromatic hydroxyl groups is 1. The van der Waals surface area contributed by atoms with Crippen LogP contribution in [0, 0.1) is 13.8 Å². The van der Waals surface area contributed by atoms with E-state index in [0.717, 1.165) is 16.8 Å². The number of benzene rings is 2. The predicted molar refractivity (Wildman–Crippen MR) is 74.5 cm³/mol. The second-order valence-corrected chi connectivity index (χ2v) is 4.41. The van der Waals surface area contributed by atoms with Crippen molar-refractivity contribution < 1.29 is 5.11 Å². The zero-order chi connectivity index (χ0) is 13.0. The van der Waals surface area contributed by atoms with E-state index in [1.807, 2.05) is 50.2 Å². The lowest BCUT2D eigenvalue weighted by atomic mass is 10.1. The minimum absolute atomic E-state index is 0.334. The molecular formula is C15H18N2O. The zero-order valence-electron chi connectivity index (χ0n) is 10.7. The first-order chi connectivity index (χ1) is 8.66. The molecule has 3 nitrogen and oxygen atoms in total. The Morgan fingerprint density at radius 1 is 1.00 bits per heavy atom. The van der Waals surface area contributed by atoms with Crippen molar-refractivity contribution in [2.75, 3.05) is 5.43 Å². The molecule has 94 valence electrons. The van der Waals surface area contributed by atoms with Gasteiger partial charge >= 0.3 is 0 Å². The van der Waals surface area contributed by atoms with Crippen LogP contribution in [0.25, 0.3) is 0 Å². The van der Waals surface area contributed by atoms with Crippen LogP contribution in [0.1, 0.15) is 16.7 Å². The Labute approximate surface area is 107 Å². The lowest BCUT2D eigenvalue weighted by Gasteiger charge is -2.11. The van der Waals surface area contributed by atoms with Gasteiger partial charge in [0.1, 0.15) is 5.75 Å². The Morgan fingerprint density at radius 3 is 2.39 bits per heavy atom. The number of hydrazine groups is 1. The number of phenols is 1. The third kappa shape index (κ3) is 3.02. The molecule has 2 aromatic rings. The van der Waals surface area contributed by atoms with Crippen LogP contribution in [-0.2, 0) is 6.54 Å². The van der Waals surface area contributed by atoms with E-state index in [0.29, 0.717) is 12.3 Å². The van der Waals surface area contributed by atoms with Crippen LogP contribution < -0.4 is 10.9 Å². The number of phenolic OH excluding ortho intramolecular Hbond substituents is 1. The molecule has 3 heteroatoms. The van der Waals surface area contributed by atoms with Crippen LogP contribution in [0.15, 0.2) is 42.5 Å². The average Bonchev–Trinajstić information content (AvgIpc) is 2.37. The van der Waals surface area contributed by atoms with Crippen molar-refractivity contribution >= 4 is 5.69 Å². The summed E-state index contributed by atoms with van der Waals surface area (Å²) in [7, 11) is 0. The number of aryl methyl sites for hydroxylation is 2. The summed E-state index contributed by atoms with van der Waals surface area (Å²) in [5, 5.41) is 9.85. The van der Waals surface area contributed by atoms with Crippen LogP contribution in [0.3, 0.4) is 0 Å². The molecule has 0 unspecified atom stereocenters. The Bertz CT molecular complexity index is 524. The molecule has 3 N–H and O–H groups in total. The van der Waals surface area contributed by atoms with Gasteiger partial charge in [0.25, 0.3) is 0 Å². The van der Waals surface area contributed by atoms with E-state index in [2.05, 4.69) is 10.9 Å². The lowest BCUT2D eigenvalue weighted by molar-refractivity contribution is 0.465. The first-order valence-electron chi connectivity index (χ1n) is 6.00. The van der Waals surface area contributed by atoms with Crippen molar-refractivity contribution in [2.24, 2.45) is 0 Å². The van der Waals surface area contributed by atoms with Crippen LogP contribution in [0.4, 0.5) is 5.69 Å². The molecule has 2 rings (SSSR count). The van der Waals surface area contributed by atoms with E-state index in [4.69, 9.17) is 0 Å². The van der Waals surface area contributed by atoms with Gasteiger partial charge in [-0.1, -0.05) is 24.3 Å². The molecule has 0 saturated heterocycles. The standard InChI is InChI=1S/C15H18N2O/c1-11-8-13(15(18)9-12(11)2)10-16-17-14-6-4-3-5-7-14/h3-9,16-18H,10H2,1-2H3. The number of nitrogens with one attached hydrogen (secondary N) is 2. The highest BCUT2D eigenvalue weighted by Gasteiger charge is 2.03. The van der Waals surface area contributed by atoms with E-state index in [-0.39, 0.29) is 0 Å². The largest absolute Gasteiger partial charge is 0.508 e. The Kier molecular flexibility index (Phi) is 3.85. The van der Waals surface area contributed by atoms with Gasteiger partial charge in [0, 0.05) is 17.8 Å². The Hall–Kier alpha value is -2.00. The summed E-state index contributed by atoms with van der Waals surface area (Å²) >= 11 is 0. The quantitative estimate of drug-likeness (QED) is 0.722. The highest BCUT2D eigenvalue weighted by Crippen LogP contribution is 2.21. The molecular weight excluding hydrogens is 224 g/mol. The minimum Gasteiger partial charge on any atom is -0.508 e. The number of hydrogen-bond donors (Lipinski definition) is 3. The van der Waals surface area contributed by atoms with Crippen molar-refractivity contribution in [3.63, 3.8) is 0 Å². The van der Waals surface area contributed by atoms with Crippen LogP contribution in [0.5, 0.6) is 5.75 Å². The normalized spacial score (nSPS) is 10.3. The summed E-state index contributed by atoms with van der Waals surface area (Å²) in [6, 6.07) is 13.7. The second kappa shape index (κ2) is 5.56. The van der Waals surface area contributed by atoms with Crippen molar-refractivity contribution in [1.82, 2.24) is 5.43 Å². The summed E-state index contributed by atoms with van der Waals surface area (Å²) in [6.07, 6.45) is 0. The molecule has 0 aliphatic carbocycles. The van der Waals surface area contributed by atoms with Crippen LogP contribution in [0.2, 0.25) is 0 Å². The first-order valence-corrected chi connectivity index (χ1v) is 6.00. The van der Waals surface area contributed by atoms with E-state index in [9.17, 15) is 5.11 Å². The molecule has 0 spiro atoms. The lowest BCUT2D eigenvalue weighted by Crippen LogP contribution is -2.20. The minimum atomic E-state index is 0.334. The van der Waals surface area contributed by atoms with Crippen molar-refractivity contribution in [1.29, 1.82) is 0 Å². The summed E-state index contributed by atoms with van der Waals surface area (Å²) < 4.78 is 0. The van der Waals surface area contributed by atoms with Crippen LogP contribution in [-0.4, -0.2) is 5.11 Å². The second-order valence-electron chi connectivity index (χ2n) is 4.41. The maximum Gasteiger partial charge on any atom is 0.120 e. The molecule has 0 radical (unpaired) electrons. The summed E-state index contributed by atoms with van der Waals surface area (Å²) in [6.45, 7) is 4.61. The van der Waals surface area contributed by atoms with E-state index >= 15 is 0 Å². The van der Waals surface area contributed by atoms with Gasteiger partial charge in [-0.3, -0.25) is 0 Å².